The molecule has 0 aliphatic carbocycles. The maximum Gasteiger partial charge on any atom is 0.0726 e. The molecular weight excluding hydrogens is 244 g/mol. The lowest BCUT2D eigenvalue weighted by molar-refractivity contribution is 0.0458. The summed E-state index contributed by atoms with van der Waals surface area (Å²) in [5.41, 5.74) is 3.71. The van der Waals surface area contributed by atoms with Crippen LogP contribution in [0.3, 0.4) is 0 Å². The molecule has 112 valence electrons. The molecule has 1 heteroatoms. The van der Waals surface area contributed by atoms with Crippen molar-refractivity contribution < 1.29 is 4.74 Å². The number of aryl methyl sites for hydroxylation is 1. The summed E-state index contributed by atoms with van der Waals surface area (Å²) < 4.78 is 5.98. The van der Waals surface area contributed by atoms with E-state index in [0.717, 1.165) is 0 Å². The quantitative estimate of drug-likeness (QED) is 0.482. The Morgan fingerprint density at radius 1 is 1.20 bits per heavy atom. The highest BCUT2D eigenvalue weighted by molar-refractivity contribution is 5.52. The SMILES string of the molecule is C=Cc1ccc(C)cc1COC(C)CCCCCCC. The number of rotatable bonds is 10. The summed E-state index contributed by atoms with van der Waals surface area (Å²) >= 11 is 0. The molecule has 1 unspecified atom stereocenters. The molecule has 0 aliphatic heterocycles. The second-order valence-corrected chi connectivity index (χ2v) is 5.73. The maximum atomic E-state index is 5.98. The summed E-state index contributed by atoms with van der Waals surface area (Å²) in [5, 5.41) is 0. The molecule has 1 aromatic rings. The molecule has 0 radical (unpaired) electrons. The first-order valence-corrected chi connectivity index (χ1v) is 8.01. The van der Waals surface area contributed by atoms with Crippen LogP contribution in [0.1, 0.15) is 69.1 Å². The minimum Gasteiger partial charge on any atom is -0.374 e. The van der Waals surface area contributed by atoms with E-state index >= 15 is 0 Å². The maximum absolute atomic E-state index is 5.98. The van der Waals surface area contributed by atoms with Gasteiger partial charge < -0.3 is 4.74 Å². The highest BCUT2D eigenvalue weighted by Crippen LogP contribution is 2.16. The summed E-state index contributed by atoms with van der Waals surface area (Å²) in [7, 11) is 0. The summed E-state index contributed by atoms with van der Waals surface area (Å²) in [6, 6.07) is 6.44. The Hall–Kier alpha value is -1.08. The van der Waals surface area contributed by atoms with Gasteiger partial charge in [-0.2, -0.15) is 0 Å². The smallest absolute Gasteiger partial charge is 0.0726 e. The number of benzene rings is 1. The minimum atomic E-state index is 0.342. The first kappa shape index (κ1) is 17.0. The van der Waals surface area contributed by atoms with Crippen LogP contribution in [-0.2, 0) is 11.3 Å². The molecule has 0 spiro atoms. The van der Waals surface area contributed by atoms with Crippen LogP contribution in [-0.4, -0.2) is 6.10 Å². The molecule has 0 amide bonds. The van der Waals surface area contributed by atoms with E-state index in [4.69, 9.17) is 4.74 Å². The lowest BCUT2D eigenvalue weighted by atomic mass is 10.0. The van der Waals surface area contributed by atoms with Crippen molar-refractivity contribution in [2.75, 3.05) is 0 Å². The average molecular weight is 274 g/mol. The normalized spacial score (nSPS) is 12.3. The Morgan fingerprint density at radius 3 is 2.65 bits per heavy atom. The molecule has 1 rings (SSSR count). The fourth-order valence-corrected chi connectivity index (χ4v) is 2.41. The van der Waals surface area contributed by atoms with Gasteiger partial charge in [0, 0.05) is 0 Å². The van der Waals surface area contributed by atoms with Crippen molar-refractivity contribution in [3.8, 4) is 0 Å². The van der Waals surface area contributed by atoms with Crippen molar-refractivity contribution >= 4 is 6.08 Å². The molecule has 0 saturated carbocycles. The van der Waals surface area contributed by atoms with Gasteiger partial charge in [-0.3, -0.25) is 0 Å². The third kappa shape index (κ3) is 6.38. The van der Waals surface area contributed by atoms with Gasteiger partial charge in [-0.25, -0.2) is 0 Å². The number of hydrogen-bond acceptors (Lipinski definition) is 1. The Bertz CT molecular complexity index is 395. The summed E-state index contributed by atoms with van der Waals surface area (Å²) in [6.07, 6.45) is 10.1. The van der Waals surface area contributed by atoms with E-state index in [2.05, 4.69) is 45.5 Å². The first-order valence-electron chi connectivity index (χ1n) is 8.01. The van der Waals surface area contributed by atoms with E-state index in [0.29, 0.717) is 12.7 Å². The molecule has 1 aromatic carbocycles. The van der Waals surface area contributed by atoms with E-state index in [1.54, 1.807) is 0 Å². The molecule has 0 bridgehead atoms. The zero-order valence-electron chi connectivity index (χ0n) is 13.5. The fraction of sp³-hybridized carbons (Fsp3) is 0.579. The molecule has 20 heavy (non-hydrogen) atoms. The molecule has 1 atom stereocenters. The lowest BCUT2D eigenvalue weighted by Crippen LogP contribution is -2.08. The topological polar surface area (TPSA) is 9.23 Å². The van der Waals surface area contributed by atoms with Crippen LogP contribution in [0.2, 0.25) is 0 Å². The number of ether oxygens (including phenoxy) is 1. The van der Waals surface area contributed by atoms with E-state index in [-0.39, 0.29) is 0 Å². The van der Waals surface area contributed by atoms with Crippen LogP contribution < -0.4 is 0 Å². The molecule has 0 aromatic heterocycles. The van der Waals surface area contributed by atoms with Gasteiger partial charge in [0.1, 0.15) is 0 Å². The van der Waals surface area contributed by atoms with Gasteiger partial charge in [0.2, 0.25) is 0 Å². The molecule has 0 heterocycles. The Labute approximate surface area is 125 Å². The fourth-order valence-electron chi connectivity index (χ4n) is 2.41. The second-order valence-electron chi connectivity index (χ2n) is 5.73. The van der Waals surface area contributed by atoms with E-state index in [1.807, 2.05) is 6.08 Å². The standard InChI is InChI=1S/C19H30O/c1-5-7-8-9-10-11-17(4)20-15-19-14-16(3)12-13-18(19)6-2/h6,12-14,17H,2,5,7-11,15H2,1,3-4H3. The minimum absolute atomic E-state index is 0.342. The lowest BCUT2D eigenvalue weighted by Gasteiger charge is -2.14. The van der Waals surface area contributed by atoms with Crippen LogP contribution in [0, 0.1) is 6.92 Å². The van der Waals surface area contributed by atoms with Crippen molar-refractivity contribution in [3.63, 3.8) is 0 Å². The van der Waals surface area contributed by atoms with Gasteiger partial charge in [0.05, 0.1) is 12.7 Å². The van der Waals surface area contributed by atoms with Crippen molar-refractivity contribution in [3.05, 3.63) is 41.5 Å². The Balaban J connectivity index is 2.31. The van der Waals surface area contributed by atoms with Crippen LogP contribution in [0.15, 0.2) is 24.8 Å². The van der Waals surface area contributed by atoms with Crippen LogP contribution in [0.4, 0.5) is 0 Å². The van der Waals surface area contributed by atoms with Crippen molar-refractivity contribution in [2.45, 2.75) is 72.0 Å². The average Bonchev–Trinajstić information content (AvgIpc) is 2.45. The first-order chi connectivity index (χ1) is 9.67. The molecule has 0 fully saturated rings. The molecule has 1 nitrogen and oxygen atoms in total. The number of unbranched alkanes of at least 4 members (excludes halogenated alkanes) is 4. The molecule has 0 N–H and O–H groups in total. The summed E-state index contributed by atoms with van der Waals surface area (Å²) in [4.78, 5) is 0. The van der Waals surface area contributed by atoms with E-state index < -0.39 is 0 Å². The van der Waals surface area contributed by atoms with E-state index in [9.17, 15) is 0 Å². The molecule has 0 aliphatic rings. The van der Waals surface area contributed by atoms with Crippen molar-refractivity contribution in [1.29, 1.82) is 0 Å². The number of hydrogen-bond donors (Lipinski definition) is 0. The van der Waals surface area contributed by atoms with Crippen LogP contribution in [0.5, 0.6) is 0 Å². The van der Waals surface area contributed by atoms with Gasteiger partial charge >= 0.3 is 0 Å². The Kier molecular flexibility index (Phi) is 8.29. The van der Waals surface area contributed by atoms with Gasteiger partial charge in [0.25, 0.3) is 0 Å². The third-order valence-corrected chi connectivity index (χ3v) is 3.76. The third-order valence-electron chi connectivity index (χ3n) is 3.76. The Morgan fingerprint density at radius 2 is 1.95 bits per heavy atom. The monoisotopic (exact) mass is 274 g/mol. The van der Waals surface area contributed by atoms with Crippen molar-refractivity contribution in [1.82, 2.24) is 0 Å². The zero-order valence-corrected chi connectivity index (χ0v) is 13.5. The van der Waals surface area contributed by atoms with E-state index in [1.165, 1.54) is 55.2 Å². The van der Waals surface area contributed by atoms with Gasteiger partial charge in [-0.05, 0) is 31.4 Å². The van der Waals surface area contributed by atoms with Crippen molar-refractivity contribution in [2.24, 2.45) is 0 Å². The summed E-state index contributed by atoms with van der Waals surface area (Å²) in [5.74, 6) is 0. The molecule has 0 saturated heterocycles. The predicted molar refractivity (Wildman–Crippen MR) is 88.9 cm³/mol. The zero-order chi connectivity index (χ0) is 14.8. The van der Waals surface area contributed by atoms with Gasteiger partial charge in [0.15, 0.2) is 0 Å². The van der Waals surface area contributed by atoms with Crippen LogP contribution >= 0.6 is 0 Å². The van der Waals surface area contributed by atoms with Gasteiger partial charge in [-0.1, -0.05) is 75.4 Å². The van der Waals surface area contributed by atoms with Gasteiger partial charge in [-0.15, -0.1) is 0 Å². The highest BCUT2D eigenvalue weighted by atomic mass is 16.5. The summed E-state index contributed by atoms with van der Waals surface area (Å²) in [6.45, 7) is 11.1. The predicted octanol–water partition coefficient (Wildman–Crippen LogP) is 5.90. The molecular formula is C19H30O. The van der Waals surface area contributed by atoms with Crippen LogP contribution in [0.25, 0.3) is 6.08 Å². The largest absolute Gasteiger partial charge is 0.374 e. The second kappa shape index (κ2) is 9.77. The highest BCUT2D eigenvalue weighted by Gasteiger charge is 2.05.